The fourth-order valence-electron chi connectivity index (χ4n) is 4.05. The number of piperazine rings is 1. The van der Waals surface area contributed by atoms with E-state index in [4.69, 9.17) is 5.11 Å². The number of aromatic nitrogens is 1. The molecule has 11 heteroatoms. The smallest absolute Gasteiger partial charge is 0.405 e. The molecule has 0 spiro atoms. The van der Waals surface area contributed by atoms with Gasteiger partial charge in [0.25, 0.3) is 5.91 Å². The Bertz CT molecular complexity index is 854. The maximum Gasteiger partial charge on any atom is 0.405 e. The van der Waals surface area contributed by atoms with Gasteiger partial charge in [0.05, 0.1) is 6.67 Å². The number of fused-ring (bicyclic) bond motifs is 1. The molecule has 0 aliphatic carbocycles. The van der Waals surface area contributed by atoms with E-state index in [2.05, 4.69) is 10.3 Å². The van der Waals surface area contributed by atoms with Crippen molar-refractivity contribution in [3.05, 3.63) is 42.0 Å². The van der Waals surface area contributed by atoms with Crippen LogP contribution in [0.5, 0.6) is 0 Å². The lowest BCUT2D eigenvalue weighted by Crippen LogP contribution is -2.59. The lowest BCUT2D eigenvalue weighted by atomic mass is 10.1. The lowest BCUT2D eigenvalue weighted by molar-refractivity contribution is -0.149. The highest BCUT2D eigenvalue weighted by Gasteiger charge is 2.40. The van der Waals surface area contributed by atoms with E-state index in [1.54, 1.807) is 34.4 Å². The van der Waals surface area contributed by atoms with E-state index in [1.165, 1.54) is 0 Å². The van der Waals surface area contributed by atoms with Gasteiger partial charge in [-0.3, -0.25) is 14.6 Å². The number of carbonyl (C=O) groups is 3. The van der Waals surface area contributed by atoms with Gasteiger partial charge in [-0.25, -0.2) is 14.8 Å². The monoisotopic (exact) mass is 415 g/mol. The molecule has 0 radical (unpaired) electrons. The van der Waals surface area contributed by atoms with E-state index in [-0.39, 0.29) is 18.2 Å². The van der Waals surface area contributed by atoms with Gasteiger partial charge in [-0.15, -0.1) is 0 Å². The number of carbonyl (C=O) groups excluding carboxylic acids is 2. The summed E-state index contributed by atoms with van der Waals surface area (Å²) in [5.74, 6) is -0.284. The molecule has 11 nitrogen and oxygen atoms in total. The first kappa shape index (κ1) is 20.0. The van der Waals surface area contributed by atoms with Gasteiger partial charge in [0.1, 0.15) is 18.4 Å². The molecule has 0 unspecified atom stereocenters. The minimum absolute atomic E-state index is 0.0257. The van der Waals surface area contributed by atoms with Crippen molar-refractivity contribution in [3.8, 4) is 0 Å². The lowest BCUT2D eigenvalue weighted by Gasteiger charge is -2.40. The van der Waals surface area contributed by atoms with Crippen molar-refractivity contribution >= 4 is 17.9 Å². The van der Waals surface area contributed by atoms with Crippen LogP contribution in [0.3, 0.4) is 0 Å². The molecule has 1 aromatic heterocycles. The van der Waals surface area contributed by atoms with Crippen LogP contribution >= 0.6 is 0 Å². The third kappa shape index (κ3) is 4.01. The van der Waals surface area contributed by atoms with Gasteiger partial charge in [-0.2, -0.15) is 0 Å². The van der Waals surface area contributed by atoms with Crippen molar-refractivity contribution in [2.45, 2.75) is 12.5 Å². The summed E-state index contributed by atoms with van der Waals surface area (Å²) in [5, 5.41) is 15.2. The zero-order valence-electron chi connectivity index (χ0n) is 16.8. The van der Waals surface area contributed by atoms with Crippen LogP contribution in [-0.2, 0) is 16.0 Å². The van der Waals surface area contributed by atoms with E-state index in [9.17, 15) is 14.4 Å². The summed E-state index contributed by atoms with van der Waals surface area (Å²) in [6.45, 7) is 3.08. The predicted molar refractivity (Wildman–Crippen MR) is 105 cm³/mol. The maximum atomic E-state index is 13.0. The normalized spacial score (nSPS) is 20.3. The number of hydrogen-bond donors (Lipinski definition) is 2. The van der Waals surface area contributed by atoms with Crippen LogP contribution in [0.15, 0.2) is 36.4 Å². The van der Waals surface area contributed by atoms with Gasteiger partial charge < -0.3 is 25.1 Å². The summed E-state index contributed by atoms with van der Waals surface area (Å²) in [6, 6.07) is 2.66. The average Bonchev–Trinajstić information content (AvgIpc) is 3.24. The van der Waals surface area contributed by atoms with Gasteiger partial charge >= 0.3 is 6.09 Å². The Morgan fingerprint density at radius 1 is 1.17 bits per heavy atom. The molecule has 4 rings (SSSR count). The molecule has 3 amide bonds. The van der Waals surface area contributed by atoms with Crippen LogP contribution < -0.4 is 5.32 Å². The van der Waals surface area contributed by atoms with Gasteiger partial charge in [-0.1, -0.05) is 0 Å². The van der Waals surface area contributed by atoms with Crippen molar-refractivity contribution in [3.63, 3.8) is 0 Å². The summed E-state index contributed by atoms with van der Waals surface area (Å²) < 4.78 is 0. The van der Waals surface area contributed by atoms with E-state index in [0.29, 0.717) is 45.2 Å². The molecule has 1 atom stereocenters. The first-order valence-electron chi connectivity index (χ1n) is 9.83. The number of carboxylic acid groups (broad SMARTS) is 1. The van der Waals surface area contributed by atoms with E-state index in [1.807, 2.05) is 28.1 Å². The summed E-state index contributed by atoms with van der Waals surface area (Å²) in [6.07, 6.45) is 4.10. The largest absolute Gasteiger partial charge is 0.465 e. The zero-order valence-corrected chi connectivity index (χ0v) is 16.8. The van der Waals surface area contributed by atoms with Crippen molar-refractivity contribution in [2.75, 3.05) is 46.6 Å². The molecule has 4 heterocycles. The number of nitrogens with one attached hydrogen (secondary N) is 1. The van der Waals surface area contributed by atoms with E-state index in [0.717, 1.165) is 5.56 Å². The van der Waals surface area contributed by atoms with E-state index < -0.39 is 12.1 Å². The second-order valence-electron chi connectivity index (χ2n) is 7.64. The van der Waals surface area contributed by atoms with Crippen molar-refractivity contribution in [2.24, 2.45) is 0 Å². The van der Waals surface area contributed by atoms with Gasteiger partial charge in [-0.05, 0) is 17.7 Å². The minimum atomic E-state index is -1.23. The molecule has 160 valence electrons. The van der Waals surface area contributed by atoms with Crippen LogP contribution in [-0.4, -0.2) is 105 Å². The molecular weight excluding hydrogens is 390 g/mol. The predicted octanol–water partition coefficient (Wildman–Crippen LogP) is -0.834. The maximum absolute atomic E-state index is 13.0. The highest BCUT2D eigenvalue weighted by atomic mass is 16.4. The van der Waals surface area contributed by atoms with Crippen LogP contribution in [0.2, 0.25) is 0 Å². The van der Waals surface area contributed by atoms with Gasteiger partial charge in [0.2, 0.25) is 5.91 Å². The molecule has 0 aromatic carbocycles. The minimum Gasteiger partial charge on any atom is -0.465 e. The van der Waals surface area contributed by atoms with E-state index >= 15 is 0 Å². The van der Waals surface area contributed by atoms with Crippen molar-refractivity contribution in [1.29, 1.82) is 0 Å². The first-order valence-corrected chi connectivity index (χ1v) is 9.83. The Morgan fingerprint density at radius 2 is 1.87 bits per heavy atom. The number of amides is 3. The van der Waals surface area contributed by atoms with Gasteiger partial charge in [0.15, 0.2) is 0 Å². The van der Waals surface area contributed by atoms with Crippen LogP contribution in [0, 0.1) is 0 Å². The average molecular weight is 415 g/mol. The third-order valence-corrected chi connectivity index (χ3v) is 5.53. The Morgan fingerprint density at radius 3 is 2.50 bits per heavy atom. The number of rotatable bonds is 5. The van der Waals surface area contributed by atoms with Crippen molar-refractivity contribution < 1.29 is 19.5 Å². The van der Waals surface area contributed by atoms with Gasteiger partial charge in [0, 0.05) is 58.2 Å². The quantitative estimate of drug-likeness (QED) is 0.641. The number of hydrazine groups is 1. The second-order valence-corrected chi connectivity index (χ2v) is 7.64. The Kier molecular flexibility index (Phi) is 5.44. The molecule has 3 aliphatic heterocycles. The molecule has 30 heavy (non-hydrogen) atoms. The summed E-state index contributed by atoms with van der Waals surface area (Å²) in [7, 11) is 1.93. The number of hydrogen-bond acceptors (Lipinski definition) is 7. The topological polar surface area (TPSA) is 113 Å². The Labute approximate surface area is 174 Å². The molecule has 2 N–H and O–H groups in total. The highest BCUT2D eigenvalue weighted by molar-refractivity contribution is 5.94. The summed E-state index contributed by atoms with van der Waals surface area (Å²) >= 11 is 0. The number of pyridine rings is 1. The van der Waals surface area contributed by atoms with Crippen LogP contribution in [0.4, 0.5) is 4.79 Å². The second kappa shape index (κ2) is 8.19. The van der Waals surface area contributed by atoms with Crippen LogP contribution in [0.1, 0.15) is 5.56 Å². The highest BCUT2D eigenvalue weighted by Crippen LogP contribution is 2.25. The molecular formula is C19H25N7O4. The SMILES string of the molecule is CN1C=C2C(=O)N(N3CCN(C(=O)[C@@H](Cc4ccncc4)NC(=O)O)CC3)CN2C1. The standard InChI is InChI=1S/C19H25N7O4/c1-22-11-16-18(28)26(13-24(16)12-22)25-8-6-23(7-9-25)17(27)15(21-19(29)30)10-14-2-4-20-5-3-14/h2-5,11,15,21H,6-10,12-13H2,1H3,(H,29,30)/t15-/m1/s1. The Balaban J connectivity index is 1.36. The molecule has 0 saturated carbocycles. The first-order chi connectivity index (χ1) is 14.4. The van der Waals surface area contributed by atoms with Crippen LogP contribution in [0.25, 0.3) is 0 Å². The van der Waals surface area contributed by atoms with Crippen molar-refractivity contribution in [1.82, 2.24) is 35.0 Å². The summed E-state index contributed by atoms with van der Waals surface area (Å²) in [4.78, 5) is 46.5. The molecule has 2 fully saturated rings. The molecule has 2 saturated heterocycles. The zero-order chi connectivity index (χ0) is 21.3. The summed E-state index contributed by atoms with van der Waals surface area (Å²) in [5.41, 5.74) is 1.52. The molecule has 0 bridgehead atoms. The molecule has 3 aliphatic rings. The fraction of sp³-hybridized carbons (Fsp3) is 0.474. The fourth-order valence-corrected chi connectivity index (χ4v) is 4.05. The third-order valence-electron chi connectivity index (χ3n) is 5.53. The Hall–Kier alpha value is -3.34. The number of nitrogens with zero attached hydrogens (tertiary/aromatic N) is 6. The molecule has 1 aromatic rings.